The Labute approximate surface area is 122 Å². The van der Waals surface area contributed by atoms with Crippen LogP contribution in [-0.2, 0) is 4.79 Å². The van der Waals surface area contributed by atoms with E-state index in [0.717, 1.165) is 29.7 Å². The van der Waals surface area contributed by atoms with E-state index in [4.69, 9.17) is 0 Å². The molecule has 0 spiro atoms. The highest BCUT2D eigenvalue weighted by atomic mass is 79.9. The highest BCUT2D eigenvalue weighted by molar-refractivity contribution is 9.10. The Kier molecular flexibility index (Phi) is 4.82. The molecule has 104 valence electrons. The van der Waals surface area contributed by atoms with Gasteiger partial charge in [0.05, 0.1) is 0 Å². The van der Waals surface area contributed by atoms with Gasteiger partial charge in [0.25, 0.3) is 0 Å². The molecule has 1 heterocycles. The van der Waals surface area contributed by atoms with Crippen LogP contribution in [0.1, 0.15) is 6.42 Å². The van der Waals surface area contributed by atoms with Crippen molar-refractivity contribution in [2.75, 3.05) is 38.6 Å². The van der Waals surface area contributed by atoms with E-state index in [1.54, 1.807) is 0 Å². The van der Waals surface area contributed by atoms with E-state index in [1.165, 1.54) is 0 Å². The molecule has 1 amide bonds. The summed E-state index contributed by atoms with van der Waals surface area (Å²) in [5.41, 5.74) is 1.10. The quantitative estimate of drug-likeness (QED) is 0.918. The third-order valence-corrected chi connectivity index (χ3v) is 4.01. The van der Waals surface area contributed by atoms with Crippen LogP contribution < -0.4 is 10.2 Å². The Morgan fingerprint density at radius 1 is 1.32 bits per heavy atom. The van der Waals surface area contributed by atoms with E-state index in [1.807, 2.05) is 31.1 Å². The summed E-state index contributed by atoms with van der Waals surface area (Å²) >= 11 is 3.45. The molecule has 1 aliphatic rings. The van der Waals surface area contributed by atoms with Gasteiger partial charge in [0, 0.05) is 36.8 Å². The minimum atomic E-state index is -0.126. The zero-order valence-corrected chi connectivity index (χ0v) is 13.0. The number of anilines is 1. The average Bonchev–Trinajstić information content (AvgIpc) is 2.54. The minimum Gasteiger partial charge on any atom is -0.358 e. The van der Waals surface area contributed by atoms with Gasteiger partial charge in [0.15, 0.2) is 0 Å². The highest BCUT2D eigenvalue weighted by Gasteiger charge is 2.30. The van der Waals surface area contributed by atoms with Crippen LogP contribution in [0.5, 0.6) is 0 Å². The van der Waals surface area contributed by atoms with Crippen molar-refractivity contribution in [3.8, 4) is 0 Å². The van der Waals surface area contributed by atoms with Crippen LogP contribution in [0.4, 0.5) is 5.69 Å². The number of carbonyl (C=O) groups excluding carboxylic acids is 1. The van der Waals surface area contributed by atoms with Gasteiger partial charge in [-0.25, -0.2) is 0 Å². The zero-order valence-electron chi connectivity index (χ0n) is 11.4. The van der Waals surface area contributed by atoms with Crippen molar-refractivity contribution in [1.29, 1.82) is 0 Å². The Morgan fingerprint density at radius 3 is 2.63 bits per heavy atom. The highest BCUT2D eigenvalue weighted by Crippen LogP contribution is 2.23. The lowest BCUT2D eigenvalue weighted by Gasteiger charge is -2.31. The van der Waals surface area contributed by atoms with Crippen LogP contribution in [0.15, 0.2) is 28.7 Å². The smallest absolute Gasteiger partial charge is 0.246 e. The molecule has 1 aliphatic heterocycles. The number of hydrogen-bond acceptors (Lipinski definition) is 3. The number of nitrogens with zero attached hydrogens (tertiary/aromatic N) is 2. The standard InChI is InChI=1S/C14H20BrN3O/c1-16-10-13-14(19)17(2)8-3-9-18(13)12-6-4-11(15)5-7-12/h4-7,13,16H,3,8-10H2,1-2H3. The molecule has 1 fully saturated rings. The molecule has 1 unspecified atom stereocenters. The van der Waals surface area contributed by atoms with Crippen molar-refractivity contribution in [2.24, 2.45) is 0 Å². The SMILES string of the molecule is CNCC1C(=O)N(C)CCCN1c1ccc(Br)cc1. The number of halogens is 1. The van der Waals surface area contributed by atoms with E-state index >= 15 is 0 Å². The number of amides is 1. The number of likely N-dealkylation sites (N-methyl/N-ethyl adjacent to an activating group) is 2. The summed E-state index contributed by atoms with van der Waals surface area (Å²) in [6.45, 7) is 2.40. The van der Waals surface area contributed by atoms with E-state index in [0.29, 0.717) is 6.54 Å². The normalized spacial score (nSPS) is 20.6. The van der Waals surface area contributed by atoms with Crippen LogP contribution in [0.3, 0.4) is 0 Å². The van der Waals surface area contributed by atoms with Crippen LogP contribution in [0, 0.1) is 0 Å². The van der Waals surface area contributed by atoms with Gasteiger partial charge in [-0.3, -0.25) is 4.79 Å². The molecule has 0 aromatic heterocycles. The summed E-state index contributed by atoms with van der Waals surface area (Å²) in [6.07, 6.45) is 0.999. The summed E-state index contributed by atoms with van der Waals surface area (Å²) in [5.74, 6) is 0.190. The maximum absolute atomic E-state index is 12.4. The maximum Gasteiger partial charge on any atom is 0.246 e. The number of carbonyl (C=O) groups is 1. The molecule has 0 bridgehead atoms. The molecule has 1 aromatic carbocycles. The lowest BCUT2D eigenvalue weighted by molar-refractivity contribution is -0.130. The van der Waals surface area contributed by atoms with Crippen LogP contribution in [0.25, 0.3) is 0 Å². The van der Waals surface area contributed by atoms with E-state index < -0.39 is 0 Å². The fraction of sp³-hybridized carbons (Fsp3) is 0.500. The number of hydrogen-bond donors (Lipinski definition) is 1. The Morgan fingerprint density at radius 2 is 2.00 bits per heavy atom. The largest absolute Gasteiger partial charge is 0.358 e. The summed E-state index contributed by atoms with van der Waals surface area (Å²) in [5, 5.41) is 3.13. The molecule has 1 saturated heterocycles. The first-order chi connectivity index (χ1) is 9.13. The first-order valence-electron chi connectivity index (χ1n) is 6.55. The molecule has 0 aliphatic carbocycles. The van der Waals surface area contributed by atoms with Gasteiger partial charge in [0.2, 0.25) is 5.91 Å². The molecule has 19 heavy (non-hydrogen) atoms. The van der Waals surface area contributed by atoms with Gasteiger partial charge in [-0.1, -0.05) is 15.9 Å². The Balaban J connectivity index is 2.28. The molecular weight excluding hydrogens is 306 g/mol. The Hall–Kier alpha value is -1.07. The second-order valence-electron chi connectivity index (χ2n) is 4.86. The first kappa shape index (κ1) is 14.3. The lowest BCUT2D eigenvalue weighted by atomic mass is 10.2. The van der Waals surface area contributed by atoms with Gasteiger partial charge in [-0.15, -0.1) is 0 Å². The summed E-state index contributed by atoms with van der Waals surface area (Å²) in [4.78, 5) is 16.5. The van der Waals surface area contributed by atoms with E-state index in [9.17, 15) is 4.79 Å². The topological polar surface area (TPSA) is 35.6 Å². The fourth-order valence-electron chi connectivity index (χ4n) is 2.46. The molecular formula is C14H20BrN3O. The van der Waals surface area contributed by atoms with Crippen molar-refractivity contribution in [2.45, 2.75) is 12.5 Å². The maximum atomic E-state index is 12.4. The summed E-state index contributed by atoms with van der Waals surface area (Å²) < 4.78 is 1.06. The summed E-state index contributed by atoms with van der Waals surface area (Å²) in [7, 11) is 3.77. The molecule has 1 atom stereocenters. The molecule has 1 N–H and O–H groups in total. The van der Waals surface area contributed by atoms with Gasteiger partial charge >= 0.3 is 0 Å². The van der Waals surface area contributed by atoms with Crippen LogP contribution >= 0.6 is 15.9 Å². The number of rotatable bonds is 3. The molecule has 4 nitrogen and oxygen atoms in total. The third-order valence-electron chi connectivity index (χ3n) is 3.49. The fourth-order valence-corrected chi connectivity index (χ4v) is 2.73. The average molecular weight is 326 g/mol. The molecule has 1 aromatic rings. The number of benzene rings is 1. The van der Waals surface area contributed by atoms with Gasteiger partial charge in [-0.05, 0) is 37.7 Å². The zero-order chi connectivity index (χ0) is 13.8. The van der Waals surface area contributed by atoms with Crippen molar-refractivity contribution in [1.82, 2.24) is 10.2 Å². The van der Waals surface area contributed by atoms with Crippen LogP contribution in [-0.4, -0.2) is 50.6 Å². The van der Waals surface area contributed by atoms with Gasteiger partial charge in [0.1, 0.15) is 6.04 Å². The molecule has 0 radical (unpaired) electrons. The second kappa shape index (κ2) is 6.39. The predicted octanol–water partition coefficient (Wildman–Crippen LogP) is 1.71. The first-order valence-corrected chi connectivity index (χ1v) is 7.34. The monoisotopic (exact) mass is 325 g/mol. The van der Waals surface area contributed by atoms with E-state index in [-0.39, 0.29) is 11.9 Å². The molecule has 2 rings (SSSR count). The lowest BCUT2D eigenvalue weighted by Crippen LogP contribution is -2.50. The second-order valence-corrected chi connectivity index (χ2v) is 5.77. The summed E-state index contributed by atoms with van der Waals surface area (Å²) in [6, 6.07) is 8.03. The van der Waals surface area contributed by atoms with Gasteiger partial charge < -0.3 is 15.1 Å². The van der Waals surface area contributed by atoms with Crippen molar-refractivity contribution in [3.05, 3.63) is 28.7 Å². The predicted molar refractivity (Wildman–Crippen MR) is 81.5 cm³/mol. The number of nitrogens with one attached hydrogen (secondary N) is 1. The van der Waals surface area contributed by atoms with E-state index in [2.05, 4.69) is 38.3 Å². The van der Waals surface area contributed by atoms with Crippen molar-refractivity contribution >= 4 is 27.5 Å². The van der Waals surface area contributed by atoms with Crippen LogP contribution in [0.2, 0.25) is 0 Å². The van der Waals surface area contributed by atoms with Gasteiger partial charge in [-0.2, -0.15) is 0 Å². The van der Waals surface area contributed by atoms with Crippen molar-refractivity contribution in [3.63, 3.8) is 0 Å². The third kappa shape index (κ3) is 3.28. The minimum absolute atomic E-state index is 0.126. The van der Waals surface area contributed by atoms with Crippen molar-refractivity contribution < 1.29 is 4.79 Å². The Bertz CT molecular complexity index is 435. The molecule has 5 heteroatoms. The molecule has 0 saturated carbocycles.